The minimum atomic E-state index is -0.862. The highest BCUT2D eigenvalue weighted by Gasteiger charge is 2.46. The Morgan fingerprint density at radius 1 is 1.21 bits per heavy atom. The molecule has 0 radical (unpaired) electrons. The Bertz CT molecular complexity index is 1150. The number of likely N-dealkylation sites (tertiary alicyclic amines) is 1. The molecule has 2 unspecified atom stereocenters. The predicted molar refractivity (Wildman–Crippen MR) is 119 cm³/mol. The number of aliphatic hydroxyl groups excluding tert-OH is 1. The van der Waals surface area contributed by atoms with Crippen molar-refractivity contribution in [1.82, 2.24) is 4.90 Å². The van der Waals surface area contributed by atoms with Crippen molar-refractivity contribution in [3.8, 4) is 11.5 Å². The zero-order valence-corrected chi connectivity index (χ0v) is 18.7. The van der Waals surface area contributed by atoms with Crippen molar-refractivity contribution >= 4 is 23.4 Å². The average Bonchev–Trinajstić information content (AvgIpc) is 3.27. The molecule has 2 aliphatic heterocycles. The molecule has 0 aromatic heterocycles. The Hall–Kier alpha value is -3.65. The monoisotopic (exact) mass is 451 g/mol. The summed E-state index contributed by atoms with van der Waals surface area (Å²) >= 11 is 0. The fourth-order valence-electron chi connectivity index (χ4n) is 4.29. The van der Waals surface area contributed by atoms with E-state index in [4.69, 9.17) is 14.2 Å². The van der Waals surface area contributed by atoms with E-state index < -0.39 is 23.7 Å². The van der Waals surface area contributed by atoms with Gasteiger partial charge in [0.15, 0.2) is 0 Å². The van der Waals surface area contributed by atoms with Gasteiger partial charge in [0.1, 0.15) is 23.4 Å². The summed E-state index contributed by atoms with van der Waals surface area (Å²) in [6.07, 6.45) is 0.716. The summed E-state index contributed by atoms with van der Waals surface area (Å²) in [6.45, 7) is 3.60. The molecule has 0 bridgehead atoms. The normalized spacial score (nSPS) is 21.1. The Morgan fingerprint density at radius 2 is 2.00 bits per heavy atom. The number of ether oxygens (including phenoxy) is 3. The number of hydrogen-bond donors (Lipinski definition) is 1. The number of ketones is 1. The fraction of sp³-hybridized carbons (Fsp3) is 0.320. The highest BCUT2D eigenvalue weighted by Crippen LogP contribution is 2.41. The number of fused-ring (bicyclic) bond motifs is 1. The maximum absolute atomic E-state index is 13.1. The topological polar surface area (TPSA) is 102 Å². The zero-order valence-electron chi connectivity index (χ0n) is 18.7. The maximum atomic E-state index is 13.1. The molecule has 2 heterocycles. The quantitative estimate of drug-likeness (QED) is 0.237. The molecule has 172 valence electrons. The van der Waals surface area contributed by atoms with Crippen LogP contribution in [0.15, 0.2) is 48.0 Å². The van der Waals surface area contributed by atoms with Gasteiger partial charge in [-0.1, -0.05) is 12.1 Å². The molecule has 1 fully saturated rings. The Balaban J connectivity index is 1.82. The van der Waals surface area contributed by atoms with E-state index in [1.165, 1.54) is 18.9 Å². The summed E-state index contributed by atoms with van der Waals surface area (Å²) in [4.78, 5) is 38.7. The van der Waals surface area contributed by atoms with E-state index in [1.807, 2.05) is 6.92 Å². The number of carbonyl (C=O) groups excluding carboxylic acids is 3. The lowest BCUT2D eigenvalue weighted by Crippen LogP contribution is -2.32. The highest BCUT2D eigenvalue weighted by molar-refractivity contribution is 6.46. The number of rotatable bonds is 6. The second-order valence-electron chi connectivity index (χ2n) is 8.11. The van der Waals surface area contributed by atoms with Gasteiger partial charge >= 0.3 is 5.97 Å². The van der Waals surface area contributed by atoms with E-state index in [-0.39, 0.29) is 36.3 Å². The van der Waals surface area contributed by atoms with Crippen molar-refractivity contribution in [2.45, 2.75) is 32.4 Å². The molecule has 1 saturated heterocycles. The third-order valence-electron chi connectivity index (χ3n) is 5.68. The molecule has 8 heteroatoms. The molecule has 0 saturated carbocycles. The van der Waals surface area contributed by atoms with Gasteiger partial charge in [-0.15, -0.1) is 0 Å². The number of esters is 1. The van der Waals surface area contributed by atoms with Crippen LogP contribution in [0, 0.1) is 0 Å². The van der Waals surface area contributed by atoms with Crippen LogP contribution >= 0.6 is 0 Å². The van der Waals surface area contributed by atoms with Gasteiger partial charge in [-0.25, -0.2) is 0 Å². The molecule has 1 amide bonds. The Labute approximate surface area is 191 Å². The minimum absolute atomic E-state index is 0.0250. The van der Waals surface area contributed by atoms with Crippen molar-refractivity contribution in [2.24, 2.45) is 0 Å². The second kappa shape index (κ2) is 9.07. The number of amides is 1. The maximum Gasteiger partial charge on any atom is 0.308 e. The third-order valence-corrected chi connectivity index (χ3v) is 5.68. The van der Waals surface area contributed by atoms with Gasteiger partial charge in [-0.05, 0) is 48.4 Å². The molecule has 0 spiro atoms. The first-order valence-electron chi connectivity index (χ1n) is 10.7. The van der Waals surface area contributed by atoms with Gasteiger partial charge in [0.2, 0.25) is 0 Å². The van der Waals surface area contributed by atoms with Crippen LogP contribution in [0.2, 0.25) is 0 Å². The summed E-state index contributed by atoms with van der Waals surface area (Å²) in [6, 6.07) is 10.9. The lowest BCUT2D eigenvalue weighted by Gasteiger charge is -2.25. The summed E-state index contributed by atoms with van der Waals surface area (Å²) in [5, 5.41) is 11.2. The molecule has 33 heavy (non-hydrogen) atoms. The first kappa shape index (κ1) is 22.5. The van der Waals surface area contributed by atoms with Gasteiger partial charge in [0, 0.05) is 32.6 Å². The standard InChI is InChI=1S/C25H25NO7/c1-14-11-18-12-17(7-8-20(18)32-14)23(28)21-22(26(9-10-31-3)25(30)24(21)29)16-5-4-6-19(13-16)33-15(2)27/h4-8,12-14,22,28H,9-11H2,1-3H3/b23-21-. The van der Waals surface area contributed by atoms with Crippen LogP contribution in [0.1, 0.15) is 36.6 Å². The molecule has 4 rings (SSSR count). The van der Waals surface area contributed by atoms with E-state index in [0.717, 1.165) is 11.3 Å². The molecule has 2 atom stereocenters. The molecule has 2 aromatic carbocycles. The van der Waals surface area contributed by atoms with Crippen molar-refractivity contribution in [3.63, 3.8) is 0 Å². The smallest absolute Gasteiger partial charge is 0.308 e. The van der Waals surface area contributed by atoms with Crippen molar-refractivity contribution in [1.29, 1.82) is 0 Å². The number of hydrogen-bond acceptors (Lipinski definition) is 7. The van der Waals surface area contributed by atoms with E-state index in [9.17, 15) is 19.5 Å². The summed E-state index contributed by atoms with van der Waals surface area (Å²) < 4.78 is 16.0. The number of benzene rings is 2. The van der Waals surface area contributed by atoms with Gasteiger partial charge in [0.25, 0.3) is 11.7 Å². The molecular formula is C25H25NO7. The predicted octanol–water partition coefficient (Wildman–Crippen LogP) is 3.00. The summed E-state index contributed by atoms with van der Waals surface area (Å²) in [5.74, 6) is -1.24. The zero-order chi connectivity index (χ0) is 23.7. The average molecular weight is 451 g/mol. The van der Waals surface area contributed by atoms with Crippen molar-refractivity contribution < 1.29 is 33.7 Å². The Morgan fingerprint density at radius 3 is 2.73 bits per heavy atom. The van der Waals surface area contributed by atoms with Gasteiger partial charge < -0.3 is 24.2 Å². The van der Waals surface area contributed by atoms with E-state index in [1.54, 1.807) is 42.5 Å². The number of nitrogens with zero attached hydrogens (tertiary/aromatic N) is 1. The van der Waals surface area contributed by atoms with Crippen molar-refractivity contribution in [3.05, 3.63) is 64.7 Å². The second-order valence-corrected chi connectivity index (χ2v) is 8.11. The number of Topliss-reactive ketones (excluding diaryl/α,β-unsaturated/α-hetero) is 1. The fourth-order valence-corrected chi connectivity index (χ4v) is 4.29. The molecule has 2 aliphatic rings. The van der Waals surface area contributed by atoms with Crippen molar-refractivity contribution in [2.75, 3.05) is 20.3 Å². The van der Waals surface area contributed by atoms with Crippen LogP contribution in [-0.2, 0) is 25.5 Å². The lowest BCUT2D eigenvalue weighted by molar-refractivity contribution is -0.140. The first-order chi connectivity index (χ1) is 15.8. The third kappa shape index (κ3) is 4.34. The van der Waals surface area contributed by atoms with Crippen LogP contribution in [0.3, 0.4) is 0 Å². The molecule has 2 aromatic rings. The van der Waals surface area contributed by atoms with Gasteiger partial charge in [0.05, 0.1) is 18.2 Å². The summed E-state index contributed by atoms with van der Waals surface area (Å²) in [5.41, 5.74) is 1.86. The molecule has 1 N–H and O–H groups in total. The summed E-state index contributed by atoms with van der Waals surface area (Å²) in [7, 11) is 1.50. The van der Waals surface area contributed by atoms with Gasteiger partial charge in [-0.3, -0.25) is 14.4 Å². The minimum Gasteiger partial charge on any atom is -0.507 e. The van der Waals surface area contributed by atoms with Crippen LogP contribution in [0.25, 0.3) is 5.76 Å². The molecule has 8 nitrogen and oxygen atoms in total. The Kier molecular flexibility index (Phi) is 6.20. The molecular weight excluding hydrogens is 426 g/mol. The first-order valence-corrected chi connectivity index (χ1v) is 10.7. The van der Waals surface area contributed by atoms with E-state index in [0.29, 0.717) is 17.5 Å². The number of methoxy groups -OCH3 is 1. The SMILES string of the molecule is COCCN1C(=O)C(=O)/C(=C(\O)c2ccc3c(c2)CC(C)O3)C1c1cccc(OC(C)=O)c1. The molecule has 0 aliphatic carbocycles. The number of aliphatic hydroxyl groups is 1. The van der Waals surface area contributed by atoms with Crippen LogP contribution < -0.4 is 9.47 Å². The largest absolute Gasteiger partial charge is 0.507 e. The number of carbonyl (C=O) groups is 3. The van der Waals surface area contributed by atoms with Crippen LogP contribution in [0.4, 0.5) is 0 Å². The van der Waals surface area contributed by atoms with E-state index in [2.05, 4.69) is 0 Å². The lowest BCUT2D eigenvalue weighted by atomic mass is 9.94. The highest BCUT2D eigenvalue weighted by atomic mass is 16.5. The van der Waals surface area contributed by atoms with Crippen LogP contribution in [0.5, 0.6) is 11.5 Å². The van der Waals surface area contributed by atoms with Gasteiger partial charge in [-0.2, -0.15) is 0 Å². The van der Waals surface area contributed by atoms with E-state index >= 15 is 0 Å². The van der Waals surface area contributed by atoms with Crippen LogP contribution in [-0.4, -0.2) is 54.0 Å².